The molecule has 0 aliphatic heterocycles. The van der Waals surface area contributed by atoms with Crippen LogP contribution in [0.4, 0.5) is 0 Å². The van der Waals surface area contributed by atoms with Gasteiger partial charge in [-0.25, -0.2) is 24.9 Å². The minimum Gasteiger partial charge on any atom is -0.268 e. The second-order valence-electron chi connectivity index (χ2n) is 5.45. The van der Waals surface area contributed by atoms with Gasteiger partial charge in [0.1, 0.15) is 17.0 Å². The van der Waals surface area contributed by atoms with Gasteiger partial charge < -0.3 is 0 Å². The average Bonchev–Trinajstić information content (AvgIpc) is 3.29. The molecular weight excluding hydrogens is 364 g/mol. The summed E-state index contributed by atoms with van der Waals surface area (Å²) in [6.07, 6.45) is 5.05. The lowest BCUT2D eigenvalue weighted by molar-refractivity contribution is 1.16. The molecule has 4 rings (SSSR count). The van der Waals surface area contributed by atoms with Crippen LogP contribution < -0.4 is 0 Å². The number of aromatic nitrogens is 4. The number of hydrogen-bond acceptors (Lipinski definition) is 7. The third-order valence-corrected chi connectivity index (χ3v) is 5.94. The van der Waals surface area contributed by atoms with Gasteiger partial charge in [-0.15, -0.1) is 22.7 Å². The minimum atomic E-state index is 0.528. The van der Waals surface area contributed by atoms with Crippen molar-refractivity contribution in [3.63, 3.8) is 0 Å². The van der Waals surface area contributed by atoms with Gasteiger partial charge in [0, 0.05) is 35.1 Å². The molecule has 0 atom stereocenters. The van der Waals surface area contributed by atoms with E-state index in [-0.39, 0.29) is 0 Å². The van der Waals surface area contributed by atoms with E-state index in [2.05, 4.69) is 38.1 Å². The van der Waals surface area contributed by atoms with Crippen molar-refractivity contribution in [3.05, 3.63) is 47.6 Å². The summed E-state index contributed by atoms with van der Waals surface area (Å²) in [7, 11) is 1.69. The molecule has 0 N–H and O–H groups in total. The Hall–Kier alpha value is -2.84. The van der Waals surface area contributed by atoms with Gasteiger partial charge in [0.2, 0.25) is 0 Å². The Morgan fingerprint density at radius 3 is 2.73 bits per heavy atom. The lowest BCUT2D eigenvalue weighted by Crippen LogP contribution is -2.01. The van der Waals surface area contributed by atoms with Crippen molar-refractivity contribution in [1.29, 1.82) is 0 Å². The maximum atomic E-state index is 4.83. The fourth-order valence-electron chi connectivity index (χ4n) is 2.67. The number of aryl methyl sites for hydroxylation is 1. The van der Waals surface area contributed by atoms with Gasteiger partial charge in [0.05, 0.1) is 16.3 Å². The zero-order chi connectivity index (χ0) is 18.1. The highest BCUT2D eigenvalue weighted by atomic mass is 32.1. The Labute approximate surface area is 158 Å². The minimum absolute atomic E-state index is 0.528. The van der Waals surface area contributed by atoms with Crippen LogP contribution in [0.2, 0.25) is 0 Å². The monoisotopic (exact) mass is 378 g/mol. The number of amidine groups is 1. The summed E-state index contributed by atoms with van der Waals surface area (Å²) in [5.74, 6) is 0.528. The Morgan fingerprint density at radius 2 is 2.00 bits per heavy atom. The van der Waals surface area contributed by atoms with Crippen molar-refractivity contribution in [2.45, 2.75) is 6.92 Å². The molecule has 0 unspecified atom stereocenters. The van der Waals surface area contributed by atoms with Crippen molar-refractivity contribution in [2.24, 2.45) is 9.98 Å². The quantitative estimate of drug-likeness (QED) is 0.394. The molecule has 0 amide bonds. The largest absolute Gasteiger partial charge is 0.268 e. The maximum Gasteiger partial charge on any atom is 0.172 e. The number of aliphatic imine (C=N–C) groups is 2. The molecule has 0 aromatic carbocycles. The highest BCUT2D eigenvalue weighted by Gasteiger charge is 2.18. The highest BCUT2D eigenvalue weighted by molar-refractivity contribution is 7.19. The number of hydrogen-bond donors (Lipinski definition) is 0. The number of rotatable bonds is 3. The summed E-state index contributed by atoms with van der Waals surface area (Å²) >= 11 is 3.25. The number of pyridine rings is 1. The number of thiophene rings is 1. The predicted molar refractivity (Wildman–Crippen MR) is 109 cm³/mol. The van der Waals surface area contributed by atoms with E-state index in [1.54, 1.807) is 42.1 Å². The average molecular weight is 378 g/mol. The van der Waals surface area contributed by atoms with E-state index in [9.17, 15) is 0 Å². The van der Waals surface area contributed by atoms with E-state index in [0.717, 1.165) is 36.9 Å². The van der Waals surface area contributed by atoms with E-state index in [0.29, 0.717) is 11.5 Å². The molecule has 8 heteroatoms. The molecule has 0 radical (unpaired) electrons. The molecule has 0 fully saturated rings. The van der Waals surface area contributed by atoms with Gasteiger partial charge in [0.25, 0.3) is 0 Å². The van der Waals surface area contributed by atoms with Gasteiger partial charge in [-0.3, -0.25) is 4.99 Å². The Morgan fingerprint density at radius 1 is 1.19 bits per heavy atom. The first kappa shape index (κ1) is 16.6. The van der Waals surface area contributed by atoms with Crippen LogP contribution in [0.25, 0.3) is 31.2 Å². The SMILES string of the molecule is C=NC(=NC)c1cc2sccc2c(-c2sc(-c3cncnc3)nc2C)n1. The Bertz CT molecular complexity index is 1130. The van der Waals surface area contributed by atoms with Crippen molar-refractivity contribution >= 4 is 45.3 Å². The van der Waals surface area contributed by atoms with Gasteiger partial charge in [0.15, 0.2) is 5.84 Å². The van der Waals surface area contributed by atoms with Gasteiger partial charge in [-0.05, 0) is 31.2 Å². The maximum absolute atomic E-state index is 4.83. The van der Waals surface area contributed by atoms with E-state index >= 15 is 0 Å². The summed E-state index contributed by atoms with van der Waals surface area (Å²) < 4.78 is 1.13. The van der Waals surface area contributed by atoms with Crippen molar-refractivity contribution in [1.82, 2.24) is 19.9 Å². The van der Waals surface area contributed by atoms with E-state index in [1.807, 2.05) is 13.0 Å². The lowest BCUT2D eigenvalue weighted by atomic mass is 10.1. The van der Waals surface area contributed by atoms with Crippen LogP contribution in [0.1, 0.15) is 11.4 Å². The molecular formula is C18H14N6S2. The first-order valence-corrected chi connectivity index (χ1v) is 9.46. The molecule has 0 saturated carbocycles. The predicted octanol–water partition coefficient (Wildman–Crippen LogP) is 4.26. The topological polar surface area (TPSA) is 76.3 Å². The second-order valence-corrected chi connectivity index (χ2v) is 7.40. The molecule has 4 aromatic heterocycles. The van der Waals surface area contributed by atoms with Crippen LogP contribution >= 0.6 is 22.7 Å². The molecule has 0 aliphatic carbocycles. The summed E-state index contributed by atoms with van der Waals surface area (Å²) in [5.41, 5.74) is 3.42. The van der Waals surface area contributed by atoms with Crippen LogP contribution in [-0.4, -0.2) is 39.5 Å². The first-order chi connectivity index (χ1) is 12.7. The molecule has 0 aliphatic rings. The Balaban J connectivity index is 1.93. The Kier molecular flexibility index (Phi) is 4.36. The highest BCUT2D eigenvalue weighted by Crippen LogP contribution is 2.38. The van der Waals surface area contributed by atoms with E-state index in [1.165, 1.54) is 6.33 Å². The molecule has 0 spiro atoms. The molecule has 26 heavy (non-hydrogen) atoms. The van der Waals surface area contributed by atoms with Gasteiger partial charge in [-0.2, -0.15) is 0 Å². The molecule has 0 bridgehead atoms. The smallest absolute Gasteiger partial charge is 0.172 e. The van der Waals surface area contributed by atoms with Crippen LogP contribution in [0, 0.1) is 6.92 Å². The zero-order valence-corrected chi connectivity index (χ0v) is 15.8. The number of nitrogens with zero attached hydrogens (tertiary/aromatic N) is 6. The van der Waals surface area contributed by atoms with Gasteiger partial charge >= 0.3 is 0 Å². The normalized spacial score (nSPS) is 11.8. The zero-order valence-electron chi connectivity index (χ0n) is 14.2. The van der Waals surface area contributed by atoms with Crippen molar-refractivity contribution in [2.75, 3.05) is 7.05 Å². The van der Waals surface area contributed by atoms with Gasteiger partial charge in [-0.1, -0.05) is 0 Å². The third-order valence-electron chi connectivity index (χ3n) is 3.86. The van der Waals surface area contributed by atoms with E-state index in [4.69, 9.17) is 9.97 Å². The first-order valence-electron chi connectivity index (χ1n) is 7.76. The summed E-state index contributed by atoms with van der Waals surface area (Å²) in [5, 5.41) is 4.03. The van der Waals surface area contributed by atoms with Crippen LogP contribution in [0.5, 0.6) is 0 Å². The van der Waals surface area contributed by atoms with Crippen LogP contribution in [0.3, 0.4) is 0 Å². The van der Waals surface area contributed by atoms with Crippen LogP contribution in [-0.2, 0) is 0 Å². The molecule has 4 heterocycles. The summed E-state index contributed by atoms with van der Waals surface area (Å²) in [4.78, 5) is 26.9. The second kappa shape index (κ2) is 6.81. The van der Waals surface area contributed by atoms with Crippen LogP contribution in [0.15, 0.2) is 46.2 Å². The summed E-state index contributed by atoms with van der Waals surface area (Å²) in [6, 6.07) is 4.09. The molecule has 4 aromatic rings. The number of thiazole rings is 1. The molecule has 128 valence electrons. The van der Waals surface area contributed by atoms with Crippen molar-refractivity contribution in [3.8, 4) is 21.1 Å². The fraction of sp³-hybridized carbons (Fsp3) is 0.111. The lowest BCUT2D eigenvalue weighted by Gasteiger charge is -2.05. The standard InChI is InChI=1S/C18H14N6S2/c1-10-16(26-18(23-10)11-7-21-9-22-8-11)15-12-4-5-25-14(12)6-13(24-15)17(19-2)20-3/h4-9H,2H2,1,3H3. The third kappa shape index (κ3) is 2.83. The fourth-order valence-corrected chi connectivity index (χ4v) is 4.54. The molecule has 6 nitrogen and oxygen atoms in total. The summed E-state index contributed by atoms with van der Waals surface area (Å²) in [6.45, 7) is 5.59. The molecule has 0 saturated heterocycles. The van der Waals surface area contributed by atoms with Crippen molar-refractivity contribution < 1.29 is 0 Å². The van der Waals surface area contributed by atoms with E-state index < -0.39 is 0 Å². The number of fused-ring (bicyclic) bond motifs is 1.